The smallest absolute Gasteiger partial charge is 0.118 e. The fraction of sp³-hybridized carbons (Fsp3) is 0.692. The van der Waals surface area contributed by atoms with Crippen molar-refractivity contribution in [3.8, 4) is 0 Å². The highest BCUT2D eigenvalue weighted by molar-refractivity contribution is 5.06. The zero-order chi connectivity index (χ0) is 11.5. The van der Waals surface area contributed by atoms with Crippen LogP contribution in [0.2, 0.25) is 0 Å². The van der Waals surface area contributed by atoms with Gasteiger partial charge in [-0.2, -0.15) is 0 Å². The van der Waals surface area contributed by atoms with Gasteiger partial charge in [0, 0.05) is 13.1 Å². The summed E-state index contributed by atoms with van der Waals surface area (Å²) >= 11 is 0. The summed E-state index contributed by atoms with van der Waals surface area (Å²) in [6, 6.07) is 4.03. The van der Waals surface area contributed by atoms with E-state index in [1.165, 1.54) is 19.5 Å². The van der Waals surface area contributed by atoms with Crippen LogP contribution in [0.1, 0.15) is 31.8 Å². The lowest BCUT2D eigenvalue weighted by molar-refractivity contribution is 0.125. The first-order valence-electron chi connectivity index (χ1n) is 6.17. The summed E-state index contributed by atoms with van der Waals surface area (Å²) in [5.74, 6) is 3.52. The molecule has 3 heteroatoms. The molecule has 1 aliphatic heterocycles. The SMILES string of the molecule is CC1CC(C)CN(Cc2ccc(CN)o2)C1. The van der Waals surface area contributed by atoms with Crippen LogP contribution in [0.15, 0.2) is 16.5 Å². The van der Waals surface area contributed by atoms with Crippen molar-refractivity contribution in [3.05, 3.63) is 23.7 Å². The Morgan fingerprint density at radius 2 is 1.88 bits per heavy atom. The predicted molar refractivity (Wildman–Crippen MR) is 64.8 cm³/mol. The second-order valence-electron chi connectivity index (χ2n) is 5.21. The van der Waals surface area contributed by atoms with E-state index in [4.69, 9.17) is 10.2 Å². The zero-order valence-corrected chi connectivity index (χ0v) is 10.3. The Bertz CT molecular complexity index is 324. The quantitative estimate of drug-likeness (QED) is 0.852. The molecule has 16 heavy (non-hydrogen) atoms. The van der Waals surface area contributed by atoms with Crippen molar-refractivity contribution in [2.24, 2.45) is 17.6 Å². The van der Waals surface area contributed by atoms with Gasteiger partial charge < -0.3 is 10.2 Å². The first-order chi connectivity index (χ1) is 7.67. The molecule has 2 rings (SSSR count). The molecule has 1 aromatic rings. The monoisotopic (exact) mass is 222 g/mol. The van der Waals surface area contributed by atoms with Gasteiger partial charge in [-0.1, -0.05) is 13.8 Å². The number of likely N-dealkylation sites (tertiary alicyclic amines) is 1. The van der Waals surface area contributed by atoms with Gasteiger partial charge >= 0.3 is 0 Å². The Labute approximate surface area is 97.6 Å². The minimum Gasteiger partial charge on any atom is -0.463 e. The van der Waals surface area contributed by atoms with Gasteiger partial charge in [-0.25, -0.2) is 0 Å². The van der Waals surface area contributed by atoms with E-state index in [2.05, 4.69) is 18.7 Å². The molecule has 1 fully saturated rings. The molecule has 0 spiro atoms. The van der Waals surface area contributed by atoms with Gasteiger partial charge in [-0.05, 0) is 30.4 Å². The van der Waals surface area contributed by atoms with E-state index in [0.29, 0.717) is 6.54 Å². The van der Waals surface area contributed by atoms with Crippen LogP contribution < -0.4 is 5.73 Å². The van der Waals surface area contributed by atoms with Crippen molar-refractivity contribution in [2.45, 2.75) is 33.4 Å². The Balaban J connectivity index is 1.93. The highest BCUT2D eigenvalue weighted by atomic mass is 16.3. The Hall–Kier alpha value is -0.800. The van der Waals surface area contributed by atoms with Crippen LogP contribution in [0.25, 0.3) is 0 Å². The van der Waals surface area contributed by atoms with Crippen LogP contribution in [0.5, 0.6) is 0 Å². The largest absolute Gasteiger partial charge is 0.463 e. The van der Waals surface area contributed by atoms with Crippen molar-refractivity contribution in [1.29, 1.82) is 0 Å². The number of nitrogens with two attached hydrogens (primary N) is 1. The molecule has 0 aromatic carbocycles. The maximum Gasteiger partial charge on any atom is 0.118 e. The van der Waals surface area contributed by atoms with Crippen molar-refractivity contribution < 1.29 is 4.42 Å². The van der Waals surface area contributed by atoms with Gasteiger partial charge in [0.05, 0.1) is 13.1 Å². The molecule has 90 valence electrons. The van der Waals surface area contributed by atoms with Crippen LogP contribution in [-0.2, 0) is 13.1 Å². The molecule has 1 aliphatic rings. The lowest BCUT2D eigenvalue weighted by Crippen LogP contribution is -2.37. The molecular formula is C13H22N2O. The minimum atomic E-state index is 0.493. The Kier molecular flexibility index (Phi) is 3.66. The van der Waals surface area contributed by atoms with Crippen molar-refractivity contribution in [2.75, 3.05) is 13.1 Å². The van der Waals surface area contributed by atoms with Gasteiger partial charge in [0.15, 0.2) is 0 Å². The summed E-state index contributed by atoms with van der Waals surface area (Å²) in [7, 11) is 0. The Morgan fingerprint density at radius 1 is 1.25 bits per heavy atom. The predicted octanol–water partition coefficient (Wildman–Crippen LogP) is 2.22. The molecule has 3 nitrogen and oxygen atoms in total. The molecule has 0 saturated carbocycles. The zero-order valence-electron chi connectivity index (χ0n) is 10.3. The van der Waals surface area contributed by atoms with Crippen molar-refractivity contribution >= 4 is 0 Å². The third-order valence-electron chi connectivity index (χ3n) is 3.24. The summed E-state index contributed by atoms with van der Waals surface area (Å²) in [4.78, 5) is 2.48. The van der Waals surface area contributed by atoms with E-state index in [1.807, 2.05) is 12.1 Å². The van der Waals surface area contributed by atoms with Gasteiger partial charge in [0.2, 0.25) is 0 Å². The van der Waals surface area contributed by atoms with Gasteiger partial charge in [0.25, 0.3) is 0 Å². The molecule has 0 bridgehead atoms. The fourth-order valence-corrected chi connectivity index (χ4v) is 2.76. The van der Waals surface area contributed by atoms with E-state index >= 15 is 0 Å². The molecule has 1 saturated heterocycles. The number of piperidine rings is 1. The molecule has 2 unspecified atom stereocenters. The molecule has 1 aromatic heterocycles. The van der Waals surface area contributed by atoms with Gasteiger partial charge in [-0.3, -0.25) is 4.90 Å². The van der Waals surface area contributed by atoms with Gasteiger partial charge in [0.1, 0.15) is 11.5 Å². The standard InChI is InChI=1S/C13H22N2O/c1-10-5-11(2)8-15(7-10)9-13-4-3-12(6-14)16-13/h3-4,10-11H,5-9,14H2,1-2H3. The molecule has 2 N–H and O–H groups in total. The van der Waals surface area contributed by atoms with E-state index in [0.717, 1.165) is 29.9 Å². The fourth-order valence-electron chi connectivity index (χ4n) is 2.76. The van der Waals surface area contributed by atoms with Crippen LogP contribution in [-0.4, -0.2) is 18.0 Å². The molecule has 0 radical (unpaired) electrons. The summed E-state index contributed by atoms with van der Waals surface area (Å²) in [5.41, 5.74) is 5.53. The highest BCUT2D eigenvalue weighted by Gasteiger charge is 2.22. The summed E-state index contributed by atoms with van der Waals surface area (Å²) in [6.45, 7) is 8.44. The van der Waals surface area contributed by atoms with E-state index < -0.39 is 0 Å². The van der Waals surface area contributed by atoms with Crippen molar-refractivity contribution in [1.82, 2.24) is 4.90 Å². The van der Waals surface area contributed by atoms with Crippen LogP contribution in [0, 0.1) is 11.8 Å². The third kappa shape index (κ3) is 2.86. The summed E-state index contributed by atoms with van der Waals surface area (Å²) < 4.78 is 5.64. The van der Waals surface area contributed by atoms with Crippen LogP contribution >= 0.6 is 0 Å². The van der Waals surface area contributed by atoms with Gasteiger partial charge in [-0.15, -0.1) is 0 Å². The Morgan fingerprint density at radius 3 is 2.44 bits per heavy atom. The number of furan rings is 1. The second kappa shape index (κ2) is 5.02. The lowest BCUT2D eigenvalue weighted by atomic mass is 9.92. The van der Waals surface area contributed by atoms with E-state index in [-0.39, 0.29) is 0 Å². The van der Waals surface area contributed by atoms with Crippen LogP contribution in [0.3, 0.4) is 0 Å². The number of hydrogen-bond donors (Lipinski definition) is 1. The highest BCUT2D eigenvalue weighted by Crippen LogP contribution is 2.22. The topological polar surface area (TPSA) is 42.4 Å². The first-order valence-corrected chi connectivity index (χ1v) is 6.17. The number of nitrogens with zero attached hydrogens (tertiary/aromatic N) is 1. The second-order valence-corrected chi connectivity index (χ2v) is 5.21. The maximum absolute atomic E-state index is 5.64. The van der Waals surface area contributed by atoms with E-state index in [1.54, 1.807) is 0 Å². The lowest BCUT2D eigenvalue weighted by Gasteiger charge is -2.34. The average Bonchev–Trinajstić information content (AvgIpc) is 2.64. The normalized spacial score (nSPS) is 27.2. The van der Waals surface area contributed by atoms with Crippen LogP contribution in [0.4, 0.5) is 0 Å². The van der Waals surface area contributed by atoms with Crippen molar-refractivity contribution in [3.63, 3.8) is 0 Å². The molecule has 2 heterocycles. The molecule has 0 aliphatic carbocycles. The molecule has 0 amide bonds. The number of rotatable bonds is 3. The third-order valence-corrected chi connectivity index (χ3v) is 3.24. The molecular weight excluding hydrogens is 200 g/mol. The summed E-state index contributed by atoms with van der Waals surface area (Å²) in [6.07, 6.45) is 1.35. The maximum atomic E-state index is 5.64. The minimum absolute atomic E-state index is 0.493. The summed E-state index contributed by atoms with van der Waals surface area (Å²) in [5, 5.41) is 0. The first kappa shape index (κ1) is 11.7. The number of hydrogen-bond acceptors (Lipinski definition) is 3. The van der Waals surface area contributed by atoms with E-state index in [9.17, 15) is 0 Å². The molecule has 2 atom stereocenters. The average molecular weight is 222 g/mol.